The van der Waals surface area contributed by atoms with Crippen molar-refractivity contribution in [1.82, 2.24) is 9.80 Å². The molecule has 5 nitrogen and oxygen atoms in total. The molecule has 0 radical (unpaired) electrons. The van der Waals surface area contributed by atoms with Gasteiger partial charge in [-0.3, -0.25) is 9.69 Å². The molecule has 160 valence electrons. The van der Waals surface area contributed by atoms with Crippen molar-refractivity contribution in [3.8, 4) is 5.75 Å². The normalized spacial score (nSPS) is 23.5. The molecule has 1 amide bonds. The molecular formula is C24H29FN2O3. The van der Waals surface area contributed by atoms with Gasteiger partial charge in [-0.1, -0.05) is 30.3 Å². The number of hydrogen-bond acceptors (Lipinski definition) is 4. The number of carbonyl (C=O) groups excluding carboxylic acids is 1. The van der Waals surface area contributed by atoms with Crippen LogP contribution < -0.4 is 4.74 Å². The third-order valence-corrected chi connectivity index (χ3v) is 6.02. The lowest BCUT2D eigenvalue weighted by atomic mass is 10.1. The minimum atomic E-state index is -0.229. The van der Waals surface area contributed by atoms with Gasteiger partial charge in [0.25, 0.3) is 5.91 Å². The highest BCUT2D eigenvalue weighted by molar-refractivity contribution is 5.78. The first kappa shape index (κ1) is 20.8. The van der Waals surface area contributed by atoms with Gasteiger partial charge in [0.1, 0.15) is 11.6 Å². The predicted molar refractivity (Wildman–Crippen MR) is 113 cm³/mol. The number of ether oxygens (including phenoxy) is 2. The van der Waals surface area contributed by atoms with Gasteiger partial charge < -0.3 is 14.4 Å². The fraction of sp³-hybridized carbons (Fsp3) is 0.458. The Labute approximate surface area is 177 Å². The quantitative estimate of drug-likeness (QED) is 0.759. The molecule has 0 saturated carbocycles. The smallest absolute Gasteiger partial charge is 0.260 e. The summed E-state index contributed by atoms with van der Waals surface area (Å²) >= 11 is 0. The fourth-order valence-corrected chi connectivity index (χ4v) is 4.28. The topological polar surface area (TPSA) is 42.0 Å². The van der Waals surface area contributed by atoms with E-state index in [1.807, 2.05) is 37.4 Å². The summed E-state index contributed by atoms with van der Waals surface area (Å²) in [6, 6.07) is 14.5. The Morgan fingerprint density at radius 1 is 1.07 bits per heavy atom. The largest absolute Gasteiger partial charge is 0.483 e. The molecule has 0 aliphatic carbocycles. The maximum atomic E-state index is 13.2. The van der Waals surface area contributed by atoms with Gasteiger partial charge in [0.15, 0.2) is 6.61 Å². The molecule has 0 N–H and O–H groups in total. The van der Waals surface area contributed by atoms with E-state index in [-0.39, 0.29) is 30.5 Å². The van der Waals surface area contributed by atoms with Crippen molar-refractivity contribution in [1.29, 1.82) is 0 Å². The molecule has 1 saturated heterocycles. The molecule has 2 aliphatic heterocycles. The zero-order valence-corrected chi connectivity index (χ0v) is 17.4. The Hall–Kier alpha value is -2.44. The standard InChI is InChI=1S/C24H29FN2O3/c1-26-21-15-27(14-18-9-11-20(25)12-10-18)16-23(21)29-13-5-4-7-19-6-2-3-8-22(19)30-17-24(26)28/h2-3,6,8-12,21,23H,4-5,7,13-17H2,1H3/t21-,23-/m0/s1. The van der Waals surface area contributed by atoms with Crippen LogP contribution in [0.3, 0.4) is 0 Å². The van der Waals surface area contributed by atoms with E-state index in [0.717, 1.165) is 49.2 Å². The van der Waals surface area contributed by atoms with Crippen LogP contribution in [-0.4, -0.2) is 61.2 Å². The number of halogens is 1. The lowest BCUT2D eigenvalue weighted by molar-refractivity contribution is -0.136. The Bertz CT molecular complexity index is 858. The SMILES string of the molecule is CN1C(=O)COc2ccccc2CCCCO[C@H]2CN(Cc3ccc(F)cc3)C[C@@H]21. The molecule has 30 heavy (non-hydrogen) atoms. The summed E-state index contributed by atoms with van der Waals surface area (Å²) < 4.78 is 25.3. The summed E-state index contributed by atoms with van der Waals surface area (Å²) in [5.74, 6) is 0.513. The number of likely N-dealkylation sites (N-methyl/N-ethyl adjacent to an activating group) is 1. The Morgan fingerprint density at radius 2 is 1.87 bits per heavy atom. The molecule has 2 heterocycles. The first-order valence-electron chi connectivity index (χ1n) is 10.6. The van der Waals surface area contributed by atoms with Gasteiger partial charge in [-0.05, 0) is 48.6 Å². The average Bonchev–Trinajstić information content (AvgIpc) is 3.15. The van der Waals surface area contributed by atoms with Crippen LogP contribution >= 0.6 is 0 Å². The van der Waals surface area contributed by atoms with E-state index in [4.69, 9.17) is 9.47 Å². The molecule has 0 unspecified atom stereocenters. The monoisotopic (exact) mass is 412 g/mol. The lowest BCUT2D eigenvalue weighted by Gasteiger charge is -2.29. The Kier molecular flexibility index (Phi) is 6.65. The number of aryl methyl sites for hydroxylation is 1. The van der Waals surface area contributed by atoms with E-state index >= 15 is 0 Å². The van der Waals surface area contributed by atoms with E-state index in [9.17, 15) is 9.18 Å². The zero-order chi connectivity index (χ0) is 20.9. The number of nitrogens with zero attached hydrogens (tertiary/aromatic N) is 2. The summed E-state index contributed by atoms with van der Waals surface area (Å²) in [6.07, 6.45) is 2.85. The van der Waals surface area contributed by atoms with Gasteiger partial charge >= 0.3 is 0 Å². The minimum Gasteiger partial charge on any atom is -0.483 e. The van der Waals surface area contributed by atoms with Crippen LogP contribution in [0.1, 0.15) is 24.0 Å². The maximum Gasteiger partial charge on any atom is 0.260 e. The number of likely N-dealkylation sites (tertiary alicyclic amines) is 1. The van der Waals surface area contributed by atoms with Crippen LogP contribution in [0.4, 0.5) is 4.39 Å². The number of fused-ring (bicyclic) bond motifs is 2. The minimum absolute atomic E-state index is 0.0225. The number of carbonyl (C=O) groups is 1. The van der Waals surface area contributed by atoms with Crippen molar-refractivity contribution >= 4 is 5.91 Å². The molecule has 2 aromatic rings. The van der Waals surface area contributed by atoms with Crippen LogP contribution in [0.15, 0.2) is 48.5 Å². The fourth-order valence-electron chi connectivity index (χ4n) is 4.28. The lowest BCUT2D eigenvalue weighted by Crippen LogP contribution is -2.47. The van der Waals surface area contributed by atoms with Crippen LogP contribution in [0.5, 0.6) is 5.75 Å². The first-order chi connectivity index (χ1) is 14.6. The molecule has 2 atom stereocenters. The summed E-state index contributed by atoms with van der Waals surface area (Å²) in [5.41, 5.74) is 2.19. The van der Waals surface area contributed by atoms with E-state index in [1.54, 1.807) is 4.90 Å². The predicted octanol–water partition coefficient (Wildman–Crippen LogP) is 3.27. The van der Waals surface area contributed by atoms with E-state index < -0.39 is 0 Å². The van der Waals surface area contributed by atoms with Gasteiger partial charge in [-0.15, -0.1) is 0 Å². The van der Waals surface area contributed by atoms with E-state index in [1.165, 1.54) is 12.1 Å². The molecule has 0 bridgehead atoms. The van der Waals surface area contributed by atoms with Crippen LogP contribution in [0, 0.1) is 5.82 Å². The molecule has 6 heteroatoms. The highest BCUT2D eigenvalue weighted by Crippen LogP contribution is 2.24. The molecule has 0 spiro atoms. The number of rotatable bonds is 2. The van der Waals surface area contributed by atoms with Gasteiger partial charge in [-0.25, -0.2) is 4.39 Å². The summed E-state index contributed by atoms with van der Waals surface area (Å²) in [7, 11) is 1.83. The highest BCUT2D eigenvalue weighted by atomic mass is 19.1. The maximum absolute atomic E-state index is 13.2. The summed E-state index contributed by atoms with van der Waals surface area (Å²) in [4.78, 5) is 16.9. The summed E-state index contributed by atoms with van der Waals surface area (Å²) in [6.45, 7) is 2.88. The van der Waals surface area contributed by atoms with Crippen molar-refractivity contribution in [2.75, 3.05) is 33.4 Å². The molecular weight excluding hydrogens is 383 g/mol. The summed E-state index contributed by atoms with van der Waals surface area (Å²) in [5, 5.41) is 0. The third kappa shape index (κ3) is 4.99. The number of amides is 1. The zero-order valence-electron chi connectivity index (χ0n) is 17.4. The molecule has 2 aromatic carbocycles. The van der Waals surface area contributed by atoms with Gasteiger partial charge in [0, 0.05) is 33.3 Å². The third-order valence-electron chi connectivity index (χ3n) is 6.02. The van der Waals surface area contributed by atoms with Gasteiger partial charge in [0.2, 0.25) is 0 Å². The second kappa shape index (κ2) is 9.58. The van der Waals surface area contributed by atoms with Crippen LogP contribution in [0.2, 0.25) is 0 Å². The van der Waals surface area contributed by atoms with Crippen molar-refractivity contribution < 1.29 is 18.7 Å². The van der Waals surface area contributed by atoms with Crippen molar-refractivity contribution in [2.45, 2.75) is 38.0 Å². The molecule has 1 fully saturated rings. The molecule has 2 aliphatic rings. The highest BCUT2D eigenvalue weighted by Gasteiger charge is 2.38. The first-order valence-corrected chi connectivity index (χ1v) is 10.6. The van der Waals surface area contributed by atoms with E-state index in [0.29, 0.717) is 13.2 Å². The Balaban J connectivity index is 1.46. The van der Waals surface area contributed by atoms with Crippen LogP contribution in [-0.2, 0) is 22.5 Å². The van der Waals surface area contributed by atoms with Crippen molar-refractivity contribution in [3.63, 3.8) is 0 Å². The second-order valence-electron chi connectivity index (χ2n) is 8.16. The van der Waals surface area contributed by atoms with E-state index in [2.05, 4.69) is 11.0 Å². The second-order valence-corrected chi connectivity index (χ2v) is 8.16. The number of benzene rings is 2. The van der Waals surface area contributed by atoms with Crippen molar-refractivity contribution in [3.05, 3.63) is 65.5 Å². The average molecular weight is 413 g/mol. The molecule has 4 rings (SSSR count). The van der Waals surface area contributed by atoms with Gasteiger partial charge in [-0.2, -0.15) is 0 Å². The molecule has 0 aromatic heterocycles. The Morgan fingerprint density at radius 3 is 2.70 bits per heavy atom. The van der Waals surface area contributed by atoms with Gasteiger partial charge in [0.05, 0.1) is 12.1 Å². The van der Waals surface area contributed by atoms with Crippen molar-refractivity contribution in [2.24, 2.45) is 0 Å². The van der Waals surface area contributed by atoms with Crippen LogP contribution in [0.25, 0.3) is 0 Å². The number of hydrogen-bond donors (Lipinski definition) is 0. The number of para-hydroxylation sites is 1.